The van der Waals surface area contributed by atoms with Crippen LogP contribution in [0.2, 0.25) is 0 Å². The highest BCUT2D eigenvalue weighted by Gasteiger charge is 2.76. The fourth-order valence-corrected chi connectivity index (χ4v) is 8.72. The van der Waals surface area contributed by atoms with Crippen molar-refractivity contribution in [2.24, 2.45) is 23.7 Å². The third-order valence-corrected chi connectivity index (χ3v) is 11.8. The number of rotatable bonds is 10. The number of benzene rings is 2. The number of carbonyl (C=O) groups is 5. The third-order valence-electron chi connectivity index (χ3n) is 10.3. The lowest BCUT2D eigenvalue weighted by atomic mass is 9.57. The lowest BCUT2D eigenvalue weighted by Crippen LogP contribution is -2.60. The number of aromatic hydroxyl groups is 1. The minimum absolute atomic E-state index is 0.0142. The van der Waals surface area contributed by atoms with E-state index in [9.17, 15) is 42.3 Å². The fraction of sp³-hybridized carbons (Fsp3) is 0.400. The first-order chi connectivity index (χ1) is 24.5. The Hall–Kier alpha value is -4.50. The maximum atomic E-state index is 15.2. The van der Waals surface area contributed by atoms with E-state index in [2.05, 4.69) is 0 Å². The molecule has 0 radical (unpaired) electrons. The number of fused-ring (bicyclic) bond motifs is 4. The Bertz CT molecular complexity index is 1960. The normalized spacial score (nSPS) is 28.3. The SMILES string of the molecule is COc1cc(C=CC2C3=CCC4C(=O)N(CCCCCC(=O)O)C(=O)C4C3CC3(Cl)C(=O)N(c4c(F)c(F)c(F)c(F)c4F)C(=O)C23Cl)ccc1O. The number of carbonyl (C=O) groups excluding carboxylic acids is 4. The van der Waals surface area contributed by atoms with Gasteiger partial charge in [-0.15, -0.1) is 23.2 Å². The van der Waals surface area contributed by atoms with E-state index in [4.69, 9.17) is 33.0 Å². The summed E-state index contributed by atoms with van der Waals surface area (Å²) in [7, 11) is 1.29. The first-order valence-electron chi connectivity index (χ1n) is 16.1. The summed E-state index contributed by atoms with van der Waals surface area (Å²) in [6.07, 6.45) is 4.60. The molecule has 52 heavy (non-hydrogen) atoms. The second kappa shape index (κ2) is 13.5. The number of alkyl halides is 2. The Morgan fingerprint density at radius 3 is 2.23 bits per heavy atom. The van der Waals surface area contributed by atoms with Crippen LogP contribution in [-0.4, -0.2) is 68.1 Å². The molecule has 2 aromatic carbocycles. The van der Waals surface area contributed by atoms with Gasteiger partial charge in [0.05, 0.1) is 18.9 Å². The zero-order valence-corrected chi connectivity index (χ0v) is 28.6. The summed E-state index contributed by atoms with van der Waals surface area (Å²) in [5.41, 5.74) is -1.23. The molecule has 2 N–H and O–H groups in total. The van der Waals surface area contributed by atoms with Gasteiger partial charge in [-0.1, -0.05) is 36.3 Å². The van der Waals surface area contributed by atoms with Crippen molar-refractivity contribution in [3.63, 3.8) is 0 Å². The van der Waals surface area contributed by atoms with Crippen LogP contribution in [0, 0.1) is 52.8 Å². The van der Waals surface area contributed by atoms with Gasteiger partial charge >= 0.3 is 5.97 Å². The Kier molecular flexibility index (Phi) is 9.66. The van der Waals surface area contributed by atoms with Gasteiger partial charge in [0, 0.05) is 18.9 Å². The zero-order chi connectivity index (χ0) is 38.0. The van der Waals surface area contributed by atoms with Gasteiger partial charge in [0.1, 0.15) is 5.69 Å². The Morgan fingerprint density at radius 2 is 1.60 bits per heavy atom. The summed E-state index contributed by atoms with van der Waals surface area (Å²) in [4.78, 5) is 62.3. The van der Waals surface area contributed by atoms with Gasteiger partial charge in [0.15, 0.2) is 44.5 Å². The minimum Gasteiger partial charge on any atom is -0.504 e. The zero-order valence-electron chi connectivity index (χ0n) is 27.1. The molecule has 0 bridgehead atoms. The average Bonchev–Trinajstić information content (AvgIpc) is 3.44. The lowest BCUT2D eigenvalue weighted by Gasteiger charge is -2.49. The molecule has 6 atom stereocenters. The van der Waals surface area contributed by atoms with Crippen LogP contribution in [0.5, 0.6) is 11.5 Å². The third kappa shape index (κ3) is 5.46. The van der Waals surface area contributed by atoms with E-state index in [1.54, 1.807) is 6.08 Å². The van der Waals surface area contributed by atoms with Crippen molar-refractivity contribution in [3.8, 4) is 11.5 Å². The number of hydrogen-bond acceptors (Lipinski definition) is 7. The van der Waals surface area contributed by atoms with Crippen LogP contribution >= 0.6 is 23.2 Å². The molecule has 17 heteroatoms. The predicted octanol–water partition coefficient (Wildman–Crippen LogP) is 5.85. The van der Waals surface area contributed by atoms with Crippen molar-refractivity contribution in [1.29, 1.82) is 0 Å². The summed E-state index contributed by atoms with van der Waals surface area (Å²) in [6.45, 7) is -0.0186. The second-order valence-electron chi connectivity index (χ2n) is 13.1. The molecular weight excluding hydrogens is 742 g/mol. The quantitative estimate of drug-likeness (QED) is 0.0584. The number of hydrogen-bond donors (Lipinski definition) is 2. The van der Waals surface area contributed by atoms with Crippen LogP contribution in [0.3, 0.4) is 0 Å². The number of nitrogens with zero attached hydrogens (tertiary/aromatic N) is 2. The highest BCUT2D eigenvalue weighted by molar-refractivity contribution is 6.58. The van der Waals surface area contributed by atoms with Crippen LogP contribution in [0.25, 0.3) is 6.08 Å². The van der Waals surface area contributed by atoms with Crippen molar-refractivity contribution in [1.82, 2.24) is 4.90 Å². The maximum Gasteiger partial charge on any atom is 0.303 e. The number of phenolic OH excluding ortho intramolecular Hbond substituents is 1. The predicted molar refractivity (Wildman–Crippen MR) is 174 cm³/mol. The molecule has 6 unspecified atom stereocenters. The Balaban J connectivity index is 1.45. The maximum absolute atomic E-state index is 15.2. The highest BCUT2D eigenvalue weighted by Crippen LogP contribution is 2.64. The molecule has 2 aliphatic heterocycles. The summed E-state index contributed by atoms with van der Waals surface area (Å²) >= 11 is 14.1. The van der Waals surface area contributed by atoms with E-state index in [1.165, 1.54) is 37.5 Å². The number of phenols is 1. The largest absolute Gasteiger partial charge is 0.504 e. The number of anilines is 1. The molecule has 2 heterocycles. The summed E-state index contributed by atoms with van der Waals surface area (Å²) in [5.74, 6) is -22.4. The van der Waals surface area contributed by atoms with Crippen LogP contribution in [-0.2, 0) is 24.0 Å². The number of methoxy groups -OCH3 is 1. The van der Waals surface area contributed by atoms with Crippen LogP contribution in [0.4, 0.5) is 27.6 Å². The number of likely N-dealkylation sites (tertiary alicyclic amines) is 1. The van der Waals surface area contributed by atoms with Crippen LogP contribution in [0.15, 0.2) is 35.9 Å². The van der Waals surface area contributed by atoms with E-state index in [1.807, 2.05) is 0 Å². The molecule has 10 nitrogen and oxygen atoms in total. The monoisotopic (exact) mass is 770 g/mol. The molecular formula is C35H29Cl2F5N2O8. The minimum atomic E-state index is -2.66. The first kappa shape index (κ1) is 37.3. The number of halogens is 7. The number of aliphatic carboxylic acids is 1. The second-order valence-corrected chi connectivity index (χ2v) is 14.3. The van der Waals surface area contributed by atoms with Crippen LogP contribution in [0.1, 0.15) is 44.1 Å². The number of imide groups is 2. The molecule has 276 valence electrons. The Morgan fingerprint density at radius 1 is 0.942 bits per heavy atom. The van der Waals surface area contributed by atoms with Gasteiger partial charge in [-0.25, -0.2) is 26.9 Å². The van der Waals surface area contributed by atoms with Crippen molar-refractivity contribution in [2.75, 3.05) is 18.6 Å². The van der Waals surface area contributed by atoms with Gasteiger partial charge in [-0.2, -0.15) is 0 Å². The number of carboxylic acids is 1. The van der Waals surface area contributed by atoms with E-state index in [0.717, 1.165) is 4.90 Å². The Labute approximate surface area is 302 Å². The number of amides is 4. The van der Waals surface area contributed by atoms with Crippen molar-refractivity contribution >= 4 is 64.6 Å². The summed E-state index contributed by atoms with van der Waals surface area (Å²) in [5, 5.41) is 19.0. The van der Waals surface area contributed by atoms with Gasteiger partial charge in [-0.05, 0) is 49.3 Å². The average molecular weight is 772 g/mol. The summed E-state index contributed by atoms with van der Waals surface area (Å²) in [6, 6.07) is 4.15. The number of unbranched alkanes of at least 4 members (excludes halogenated alkanes) is 2. The van der Waals surface area contributed by atoms with Gasteiger partial charge in [0.2, 0.25) is 17.6 Å². The molecule has 3 fully saturated rings. The smallest absolute Gasteiger partial charge is 0.303 e. The van der Waals surface area contributed by atoms with Crippen molar-refractivity contribution in [2.45, 2.75) is 48.3 Å². The molecule has 6 rings (SSSR count). The fourth-order valence-electron chi connectivity index (χ4n) is 7.83. The topological polar surface area (TPSA) is 142 Å². The van der Waals surface area contributed by atoms with E-state index in [-0.39, 0.29) is 41.4 Å². The molecule has 2 aliphatic carbocycles. The molecule has 4 aliphatic rings. The molecule has 4 amide bonds. The first-order valence-corrected chi connectivity index (χ1v) is 16.9. The number of carboxylic acid groups (broad SMARTS) is 1. The van der Waals surface area contributed by atoms with Crippen molar-refractivity contribution < 1.29 is 60.9 Å². The molecule has 2 saturated heterocycles. The molecule has 1 saturated carbocycles. The number of allylic oxidation sites excluding steroid dienone is 3. The lowest BCUT2D eigenvalue weighted by molar-refractivity contribution is -0.141. The standard InChI is InChI=1S/C35H29Cl2F5N2O8/c1-52-21-13-15(7-11-20(21)45)6-10-19-16-8-9-17-23(31(49)43(30(17)48)12-4-2-3-5-22(46)47)18(16)14-34(36)32(50)44(33(51)35(19,34)37)29-27(41)25(39)24(38)26(40)28(29)42/h6-8,10-11,13,17-19,23,45H,2-5,9,12,14H2,1H3,(H,46,47). The van der Waals surface area contributed by atoms with E-state index < -0.39 is 104 Å². The van der Waals surface area contributed by atoms with Gasteiger partial charge in [-0.3, -0.25) is 28.9 Å². The van der Waals surface area contributed by atoms with Gasteiger partial charge < -0.3 is 14.9 Å². The molecule has 2 aromatic rings. The van der Waals surface area contributed by atoms with E-state index >= 15 is 8.78 Å². The van der Waals surface area contributed by atoms with Crippen LogP contribution < -0.4 is 9.64 Å². The van der Waals surface area contributed by atoms with E-state index in [0.29, 0.717) is 24.8 Å². The van der Waals surface area contributed by atoms with Gasteiger partial charge in [0.25, 0.3) is 11.8 Å². The molecule has 0 spiro atoms. The summed E-state index contributed by atoms with van der Waals surface area (Å²) < 4.78 is 78.3. The highest BCUT2D eigenvalue weighted by atomic mass is 35.5. The number of ether oxygens (including phenoxy) is 1. The van der Waals surface area contributed by atoms with Crippen molar-refractivity contribution in [3.05, 3.63) is 70.6 Å². The molecule has 0 aromatic heterocycles.